The lowest BCUT2D eigenvalue weighted by Gasteiger charge is -2.28. The van der Waals surface area contributed by atoms with Crippen LogP contribution in [0.1, 0.15) is 30.3 Å². The smallest absolute Gasteiger partial charge is 0.229 e. The molecule has 0 fully saturated rings. The summed E-state index contributed by atoms with van der Waals surface area (Å²) in [6.45, 7) is 3.05. The number of nitrogens with one attached hydrogen (secondary N) is 1. The highest BCUT2D eigenvalue weighted by Crippen LogP contribution is 2.31. The van der Waals surface area contributed by atoms with Crippen molar-refractivity contribution in [1.29, 1.82) is 0 Å². The number of benzene rings is 1. The topological polar surface area (TPSA) is 67.5 Å². The van der Waals surface area contributed by atoms with Gasteiger partial charge in [0, 0.05) is 13.1 Å². The molecule has 1 aromatic heterocycles. The van der Waals surface area contributed by atoms with E-state index in [0.29, 0.717) is 19.6 Å². The lowest BCUT2D eigenvalue weighted by Crippen LogP contribution is -2.38. The van der Waals surface area contributed by atoms with Crippen molar-refractivity contribution in [1.82, 2.24) is 15.1 Å². The zero-order valence-electron chi connectivity index (χ0n) is 15.0. The summed E-state index contributed by atoms with van der Waals surface area (Å²) < 4.78 is 11.0. The number of hydrogen-bond acceptors (Lipinski definition) is 4. The predicted octanol–water partition coefficient (Wildman–Crippen LogP) is 2.58. The average molecular weight is 343 g/mol. The lowest BCUT2D eigenvalue weighted by molar-refractivity contribution is -0.136. The van der Waals surface area contributed by atoms with Crippen molar-refractivity contribution < 1.29 is 14.3 Å². The summed E-state index contributed by atoms with van der Waals surface area (Å²) in [6, 6.07) is 7.78. The third kappa shape index (κ3) is 3.95. The molecule has 0 aliphatic carbocycles. The van der Waals surface area contributed by atoms with Crippen LogP contribution in [-0.4, -0.2) is 41.8 Å². The molecule has 6 nitrogen and oxygen atoms in total. The van der Waals surface area contributed by atoms with Crippen LogP contribution in [0, 0.1) is 5.92 Å². The van der Waals surface area contributed by atoms with E-state index in [-0.39, 0.29) is 11.8 Å². The van der Waals surface area contributed by atoms with Crippen LogP contribution in [0.25, 0.3) is 0 Å². The summed E-state index contributed by atoms with van der Waals surface area (Å²) in [7, 11) is 3.46. The quantitative estimate of drug-likeness (QED) is 0.875. The Hall–Kier alpha value is -2.50. The molecule has 0 radical (unpaired) electrons. The number of fused-ring (bicyclic) bond motifs is 1. The molecule has 1 aliphatic rings. The standard InChI is InChI=1S/C19H25N3O3/c1-4-5-15-9-16(21-20-15)11-22(2)19(23)14-8-13-6-7-17(24-3)10-18(13)25-12-14/h6-7,9-10,14H,4-5,8,11-12H2,1-3H3,(H,20,21)/t14-/m1/s1. The number of hydrogen-bond donors (Lipinski definition) is 1. The summed E-state index contributed by atoms with van der Waals surface area (Å²) in [5.41, 5.74) is 3.05. The van der Waals surface area contributed by atoms with Crippen molar-refractivity contribution in [3.8, 4) is 11.5 Å². The molecule has 0 saturated carbocycles. The van der Waals surface area contributed by atoms with Gasteiger partial charge in [-0.3, -0.25) is 9.89 Å². The van der Waals surface area contributed by atoms with E-state index < -0.39 is 0 Å². The van der Waals surface area contributed by atoms with E-state index in [9.17, 15) is 4.79 Å². The molecule has 134 valence electrons. The number of ether oxygens (including phenoxy) is 2. The number of amides is 1. The highest BCUT2D eigenvalue weighted by Gasteiger charge is 2.28. The first-order valence-corrected chi connectivity index (χ1v) is 8.68. The highest BCUT2D eigenvalue weighted by atomic mass is 16.5. The second-order valence-corrected chi connectivity index (χ2v) is 6.51. The Bertz CT molecular complexity index is 741. The van der Waals surface area contributed by atoms with Gasteiger partial charge in [0.25, 0.3) is 0 Å². The summed E-state index contributed by atoms with van der Waals surface area (Å²) in [4.78, 5) is 14.5. The van der Waals surface area contributed by atoms with E-state index in [0.717, 1.165) is 41.3 Å². The molecule has 1 aliphatic heterocycles. The molecule has 1 N–H and O–H groups in total. The Balaban J connectivity index is 1.62. The van der Waals surface area contributed by atoms with Crippen LogP contribution < -0.4 is 9.47 Å². The molecule has 0 unspecified atom stereocenters. The summed E-state index contributed by atoms with van der Waals surface area (Å²) in [6.07, 6.45) is 2.69. The molecule has 0 spiro atoms. The van der Waals surface area contributed by atoms with Crippen molar-refractivity contribution in [2.45, 2.75) is 32.7 Å². The van der Waals surface area contributed by atoms with Crippen molar-refractivity contribution in [3.05, 3.63) is 41.2 Å². The van der Waals surface area contributed by atoms with Gasteiger partial charge in [-0.1, -0.05) is 19.4 Å². The Morgan fingerprint density at radius 1 is 1.44 bits per heavy atom. The van der Waals surface area contributed by atoms with Crippen LogP contribution in [0.4, 0.5) is 0 Å². The molecule has 3 rings (SSSR count). The summed E-state index contributed by atoms with van der Waals surface area (Å²) in [5, 5.41) is 7.30. The largest absolute Gasteiger partial charge is 0.497 e. The highest BCUT2D eigenvalue weighted by molar-refractivity contribution is 5.79. The van der Waals surface area contributed by atoms with Gasteiger partial charge in [0.1, 0.15) is 18.1 Å². The van der Waals surface area contributed by atoms with E-state index in [2.05, 4.69) is 17.1 Å². The molecule has 0 bridgehead atoms. The van der Waals surface area contributed by atoms with Crippen LogP contribution in [0.15, 0.2) is 24.3 Å². The van der Waals surface area contributed by atoms with Crippen molar-refractivity contribution >= 4 is 5.91 Å². The molecule has 1 atom stereocenters. The van der Waals surface area contributed by atoms with Gasteiger partial charge in [-0.2, -0.15) is 5.10 Å². The normalized spacial score (nSPS) is 16.0. The number of carbonyl (C=O) groups is 1. The first-order chi connectivity index (χ1) is 12.1. The third-order valence-electron chi connectivity index (χ3n) is 4.50. The minimum absolute atomic E-state index is 0.0908. The van der Waals surface area contributed by atoms with Crippen LogP contribution in [-0.2, 0) is 24.2 Å². The molecule has 25 heavy (non-hydrogen) atoms. The van der Waals surface area contributed by atoms with Crippen LogP contribution in [0.2, 0.25) is 0 Å². The maximum absolute atomic E-state index is 12.8. The Morgan fingerprint density at radius 3 is 3.04 bits per heavy atom. The molecule has 2 heterocycles. The van der Waals surface area contributed by atoms with Crippen molar-refractivity contribution in [2.24, 2.45) is 5.92 Å². The zero-order valence-corrected chi connectivity index (χ0v) is 15.0. The van der Waals surface area contributed by atoms with E-state index >= 15 is 0 Å². The molecule has 1 aromatic carbocycles. The fourth-order valence-corrected chi connectivity index (χ4v) is 3.16. The van der Waals surface area contributed by atoms with Crippen LogP contribution >= 0.6 is 0 Å². The Labute approximate surface area is 148 Å². The molecule has 2 aromatic rings. The Kier molecular flexibility index (Phi) is 5.26. The van der Waals surface area contributed by atoms with Crippen molar-refractivity contribution in [2.75, 3.05) is 20.8 Å². The molecule has 6 heteroatoms. The van der Waals surface area contributed by atoms with Gasteiger partial charge in [0.15, 0.2) is 0 Å². The maximum Gasteiger partial charge on any atom is 0.229 e. The fraction of sp³-hybridized carbons (Fsp3) is 0.474. The number of aromatic nitrogens is 2. The van der Waals surface area contributed by atoms with Gasteiger partial charge in [-0.05, 0) is 30.5 Å². The SMILES string of the molecule is CCCc1cc(CN(C)C(=O)[C@H]2COc3cc(OC)ccc3C2)[nH]n1. The van der Waals surface area contributed by atoms with E-state index in [4.69, 9.17) is 9.47 Å². The first-order valence-electron chi connectivity index (χ1n) is 8.68. The average Bonchev–Trinajstić information content (AvgIpc) is 3.07. The molecule has 1 amide bonds. The number of aryl methyl sites for hydroxylation is 1. The molecular formula is C19H25N3O3. The van der Waals surface area contributed by atoms with E-state index in [1.807, 2.05) is 31.3 Å². The number of methoxy groups -OCH3 is 1. The first kappa shape index (κ1) is 17.3. The summed E-state index contributed by atoms with van der Waals surface area (Å²) >= 11 is 0. The number of nitrogens with zero attached hydrogens (tertiary/aromatic N) is 2. The fourth-order valence-electron chi connectivity index (χ4n) is 3.16. The third-order valence-corrected chi connectivity index (χ3v) is 4.50. The van der Waals surface area contributed by atoms with Gasteiger partial charge >= 0.3 is 0 Å². The second kappa shape index (κ2) is 7.59. The van der Waals surface area contributed by atoms with Crippen LogP contribution in [0.3, 0.4) is 0 Å². The molecule has 0 saturated heterocycles. The van der Waals surface area contributed by atoms with E-state index in [1.54, 1.807) is 12.0 Å². The number of rotatable bonds is 6. The number of H-pyrrole nitrogens is 1. The second-order valence-electron chi connectivity index (χ2n) is 6.51. The van der Waals surface area contributed by atoms with Gasteiger partial charge in [0.2, 0.25) is 5.91 Å². The van der Waals surface area contributed by atoms with Crippen LogP contribution in [0.5, 0.6) is 11.5 Å². The van der Waals surface area contributed by atoms with Gasteiger partial charge in [-0.15, -0.1) is 0 Å². The lowest BCUT2D eigenvalue weighted by atomic mass is 9.95. The van der Waals surface area contributed by atoms with Gasteiger partial charge in [-0.25, -0.2) is 0 Å². The predicted molar refractivity (Wildman–Crippen MR) is 94.7 cm³/mol. The van der Waals surface area contributed by atoms with Gasteiger partial charge < -0.3 is 14.4 Å². The Morgan fingerprint density at radius 2 is 2.28 bits per heavy atom. The molecular weight excluding hydrogens is 318 g/mol. The van der Waals surface area contributed by atoms with E-state index in [1.165, 1.54) is 0 Å². The maximum atomic E-state index is 12.8. The number of aromatic amines is 1. The van der Waals surface area contributed by atoms with Gasteiger partial charge in [0.05, 0.1) is 31.0 Å². The zero-order chi connectivity index (χ0) is 17.8. The minimum Gasteiger partial charge on any atom is -0.497 e. The van der Waals surface area contributed by atoms with Crippen molar-refractivity contribution in [3.63, 3.8) is 0 Å². The monoisotopic (exact) mass is 343 g/mol. The minimum atomic E-state index is -0.163. The summed E-state index contributed by atoms with van der Waals surface area (Å²) in [5.74, 6) is 1.50. The number of carbonyl (C=O) groups excluding carboxylic acids is 1.